The number of hydrogen-bond donors (Lipinski definition) is 2. The minimum absolute atomic E-state index is 0.0335. The molecule has 9 rings (SSSR count). The topological polar surface area (TPSA) is 140 Å². The Morgan fingerprint density at radius 2 is 1.08 bits per heavy atom. The minimum Gasteiger partial charge on any atom is -0.497 e. The van der Waals surface area contributed by atoms with E-state index in [0.717, 1.165) is 43.8 Å². The molecule has 5 atom stereocenters. The normalized spacial score (nSPS) is 17.5. The number of ether oxygens (including phenoxy) is 6. The summed E-state index contributed by atoms with van der Waals surface area (Å²) >= 11 is 0. The standard InChI is InChI=1S/C63H66N2O10Si/c1-63(2,3)76(48-25-13-7-14-26-48,49-27-15-8-16-28-49)74-43-56-58(70-39-44-21-9-5-10-22-44)59(71-40-45-23-11-6-12-24-45)60(75-56)65-57(66)38-37-55(61(67)72-41-46-33-35-47(69-4)36-34-46)64-62(68)73-42-54-52-31-19-17-29-50(52)51-30-18-20-32-53(51)54/h5-36,54-56,58-60H,37-43H2,1-4H3,(H,64,68)(H,65,66)/t55-,56+,58+,59+,60-/m0/s1. The van der Waals surface area contributed by atoms with E-state index in [-0.39, 0.29) is 56.8 Å². The molecule has 12 nitrogen and oxygen atoms in total. The Kier molecular flexibility index (Phi) is 17.6. The largest absolute Gasteiger partial charge is 0.497 e. The number of carbonyl (C=O) groups is 3. The highest BCUT2D eigenvalue weighted by atomic mass is 28.4. The number of carbonyl (C=O) groups excluding carboxylic acids is 3. The first-order valence-corrected chi connectivity index (χ1v) is 27.8. The van der Waals surface area contributed by atoms with Gasteiger partial charge in [0.2, 0.25) is 5.91 Å². The van der Waals surface area contributed by atoms with Crippen molar-refractivity contribution in [1.29, 1.82) is 0 Å². The number of nitrogens with one attached hydrogen (secondary N) is 2. The van der Waals surface area contributed by atoms with Gasteiger partial charge in [-0.15, -0.1) is 0 Å². The Morgan fingerprint density at radius 3 is 1.62 bits per heavy atom. The summed E-state index contributed by atoms with van der Waals surface area (Å²) < 4.78 is 44.9. The number of amides is 2. The molecule has 1 aliphatic heterocycles. The van der Waals surface area contributed by atoms with Crippen LogP contribution in [0.15, 0.2) is 194 Å². The predicted octanol–water partition coefficient (Wildman–Crippen LogP) is 10.0. The molecule has 1 heterocycles. The van der Waals surface area contributed by atoms with E-state index in [1.54, 1.807) is 31.4 Å². The summed E-state index contributed by atoms with van der Waals surface area (Å²) in [7, 11) is -1.49. The molecule has 7 aromatic carbocycles. The summed E-state index contributed by atoms with van der Waals surface area (Å²) in [4.78, 5) is 42.1. The van der Waals surface area contributed by atoms with Crippen molar-refractivity contribution in [3.63, 3.8) is 0 Å². The predicted molar refractivity (Wildman–Crippen MR) is 294 cm³/mol. The monoisotopic (exact) mass is 1040 g/mol. The molecule has 0 unspecified atom stereocenters. The van der Waals surface area contributed by atoms with Gasteiger partial charge in [0.25, 0.3) is 8.32 Å². The fourth-order valence-electron chi connectivity index (χ4n) is 10.4. The lowest BCUT2D eigenvalue weighted by Gasteiger charge is -2.43. The van der Waals surface area contributed by atoms with Gasteiger partial charge in [-0.3, -0.25) is 4.79 Å². The van der Waals surface area contributed by atoms with E-state index >= 15 is 0 Å². The smallest absolute Gasteiger partial charge is 0.407 e. The highest BCUT2D eigenvalue weighted by Crippen LogP contribution is 2.44. The molecule has 0 bridgehead atoms. The lowest BCUT2D eigenvalue weighted by molar-refractivity contribution is -0.147. The maximum atomic E-state index is 14.4. The van der Waals surface area contributed by atoms with Gasteiger partial charge in [-0.2, -0.15) is 0 Å². The van der Waals surface area contributed by atoms with E-state index in [1.165, 1.54) is 0 Å². The summed E-state index contributed by atoms with van der Waals surface area (Å²) in [6.45, 7) is 7.20. The SMILES string of the molecule is COc1ccc(COC(=O)[C@H](CCC(=O)N[C@H]2O[C@H](CO[Si](c3ccccc3)(c3ccccc3)C(C)(C)C)[C@@H](OCc3ccccc3)[C@H]2OCc2ccccc2)NC(=O)OCC2c3ccccc3-c3ccccc32)cc1. The summed E-state index contributed by atoms with van der Waals surface area (Å²) in [5.74, 6) is -0.724. The molecule has 0 aromatic heterocycles. The van der Waals surface area contributed by atoms with Crippen molar-refractivity contribution in [2.75, 3.05) is 20.3 Å². The van der Waals surface area contributed by atoms with E-state index in [2.05, 4.69) is 67.8 Å². The number of esters is 1. The summed E-state index contributed by atoms with van der Waals surface area (Å²) in [6, 6.07) is 62.4. The van der Waals surface area contributed by atoms with Gasteiger partial charge in [-0.25, -0.2) is 9.59 Å². The molecule has 2 aliphatic rings. The number of hydrogen-bond acceptors (Lipinski definition) is 10. The second-order valence-electron chi connectivity index (χ2n) is 20.2. The Balaban J connectivity index is 0.953. The lowest BCUT2D eigenvalue weighted by Crippen LogP contribution is -2.67. The van der Waals surface area contributed by atoms with Crippen LogP contribution in [0.5, 0.6) is 5.75 Å². The number of rotatable bonds is 22. The van der Waals surface area contributed by atoms with Crippen molar-refractivity contribution in [2.24, 2.45) is 0 Å². The molecule has 0 spiro atoms. The first-order valence-electron chi connectivity index (χ1n) is 25.9. The van der Waals surface area contributed by atoms with Crippen LogP contribution in [0, 0.1) is 0 Å². The molecule has 2 N–H and O–H groups in total. The van der Waals surface area contributed by atoms with Gasteiger partial charge < -0.3 is 43.5 Å². The molecular formula is C63H66N2O10Si. The molecule has 0 saturated carbocycles. The minimum atomic E-state index is -3.07. The van der Waals surface area contributed by atoms with Crippen LogP contribution in [0.2, 0.25) is 5.04 Å². The van der Waals surface area contributed by atoms with Gasteiger partial charge in [0.1, 0.15) is 43.3 Å². The van der Waals surface area contributed by atoms with E-state index in [4.69, 9.17) is 32.8 Å². The van der Waals surface area contributed by atoms with Gasteiger partial charge in [-0.1, -0.05) is 203 Å². The van der Waals surface area contributed by atoms with Gasteiger partial charge >= 0.3 is 12.1 Å². The first kappa shape index (κ1) is 53.4. The molecule has 13 heteroatoms. The number of methoxy groups -OCH3 is 1. The molecule has 7 aromatic rings. The van der Waals surface area contributed by atoms with Gasteiger partial charge in [-0.05, 0) is 72.9 Å². The van der Waals surface area contributed by atoms with Gasteiger partial charge in [0.05, 0.1) is 26.9 Å². The Labute approximate surface area is 446 Å². The quantitative estimate of drug-likeness (QED) is 0.0498. The fraction of sp³-hybridized carbons (Fsp3) is 0.286. The second-order valence-corrected chi connectivity index (χ2v) is 24.5. The molecule has 1 fully saturated rings. The van der Waals surface area contributed by atoms with Crippen LogP contribution in [0.25, 0.3) is 11.1 Å². The third kappa shape index (κ3) is 12.6. The van der Waals surface area contributed by atoms with E-state index in [0.29, 0.717) is 11.3 Å². The molecule has 1 aliphatic carbocycles. The van der Waals surface area contributed by atoms with Crippen LogP contribution in [-0.2, 0) is 57.5 Å². The summed E-state index contributed by atoms with van der Waals surface area (Å²) in [5, 5.41) is 7.72. The van der Waals surface area contributed by atoms with Gasteiger partial charge in [0, 0.05) is 12.3 Å². The summed E-state index contributed by atoms with van der Waals surface area (Å²) in [5.41, 5.74) is 6.87. The van der Waals surface area contributed by atoms with Crippen molar-refractivity contribution in [1.82, 2.24) is 10.6 Å². The molecular weight excluding hydrogens is 973 g/mol. The third-order valence-corrected chi connectivity index (χ3v) is 19.2. The van der Waals surface area contributed by atoms with Crippen molar-refractivity contribution in [3.8, 4) is 16.9 Å². The van der Waals surface area contributed by atoms with Crippen molar-refractivity contribution < 1.29 is 47.2 Å². The summed E-state index contributed by atoms with van der Waals surface area (Å²) in [6.07, 6.45) is -4.34. The maximum Gasteiger partial charge on any atom is 0.407 e. The Bertz CT molecular complexity index is 2910. The van der Waals surface area contributed by atoms with Crippen LogP contribution >= 0.6 is 0 Å². The zero-order valence-electron chi connectivity index (χ0n) is 43.5. The third-order valence-electron chi connectivity index (χ3n) is 14.2. The Hall–Kier alpha value is -7.39. The zero-order valence-corrected chi connectivity index (χ0v) is 44.5. The number of alkyl carbamates (subject to hydrolysis) is 1. The zero-order chi connectivity index (χ0) is 52.9. The fourth-order valence-corrected chi connectivity index (χ4v) is 14.9. The van der Waals surface area contributed by atoms with Crippen LogP contribution in [-0.4, -0.2) is 77.2 Å². The average Bonchev–Trinajstić information content (AvgIpc) is 3.99. The van der Waals surface area contributed by atoms with E-state index in [9.17, 15) is 14.4 Å². The first-order chi connectivity index (χ1) is 37.0. The van der Waals surface area contributed by atoms with Crippen LogP contribution in [0.3, 0.4) is 0 Å². The molecule has 392 valence electrons. The number of benzene rings is 7. The van der Waals surface area contributed by atoms with Crippen LogP contribution < -0.4 is 25.7 Å². The highest BCUT2D eigenvalue weighted by molar-refractivity contribution is 6.99. The maximum absolute atomic E-state index is 14.4. The highest BCUT2D eigenvalue weighted by Gasteiger charge is 2.53. The van der Waals surface area contributed by atoms with E-state index < -0.39 is 56.9 Å². The number of fused-ring (bicyclic) bond motifs is 3. The molecule has 1 saturated heterocycles. The van der Waals surface area contributed by atoms with Crippen molar-refractivity contribution in [3.05, 3.63) is 222 Å². The molecule has 2 amide bonds. The second kappa shape index (κ2) is 25.0. The molecule has 0 radical (unpaired) electrons. The van der Waals surface area contributed by atoms with Crippen LogP contribution in [0.1, 0.15) is 67.3 Å². The average molecular weight is 1040 g/mol. The molecule has 76 heavy (non-hydrogen) atoms. The van der Waals surface area contributed by atoms with Crippen molar-refractivity contribution in [2.45, 2.75) is 95.0 Å². The lowest BCUT2D eigenvalue weighted by atomic mass is 9.98. The van der Waals surface area contributed by atoms with Gasteiger partial charge in [0.15, 0.2) is 6.23 Å². The van der Waals surface area contributed by atoms with Crippen LogP contribution in [0.4, 0.5) is 4.79 Å². The van der Waals surface area contributed by atoms with E-state index in [1.807, 2.05) is 133 Å². The Morgan fingerprint density at radius 1 is 0.579 bits per heavy atom. The van der Waals surface area contributed by atoms with Crippen molar-refractivity contribution >= 4 is 36.7 Å².